The van der Waals surface area contributed by atoms with E-state index < -0.39 is 23.3 Å². The minimum atomic E-state index is -1.57. The van der Waals surface area contributed by atoms with Gasteiger partial charge < -0.3 is 10.2 Å². The van der Waals surface area contributed by atoms with Crippen molar-refractivity contribution in [3.8, 4) is 0 Å². The molecule has 0 heterocycles. The lowest BCUT2D eigenvalue weighted by Crippen LogP contribution is -2.37. The highest BCUT2D eigenvalue weighted by Gasteiger charge is 2.38. The number of aliphatic hydroxyl groups is 1. The van der Waals surface area contributed by atoms with E-state index in [9.17, 15) is 19.4 Å². The maximum absolute atomic E-state index is 13.6. The molecule has 0 radical (unpaired) electrons. The lowest BCUT2D eigenvalue weighted by Gasteiger charge is -2.30. The van der Waals surface area contributed by atoms with Crippen molar-refractivity contribution in [1.82, 2.24) is 0 Å². The highest BCUT2D eigenvalue weighted by atomic mass is 19.1. The molecule has 0 aliphatic carbocycles. The molecule has 0 aliphatic rings. The van der Waals surface area contributed by atoms with Gasteiger partial charge in [-0.1, -0.05) is 31.9 Å². The summed E-state index contributed by atoms with van der Waals surface area (Å²) in [6.07, 6.45) is 1.93. The first-order valence-electron chi connectivity index (χ1n) is 6.52. The van der Waals surface area contributed by atoms with Gasteiger partial charge in [-0.2, -0.15) is 0 Å². The predicted molar refractivity (Wildman–Crippen MR) is 71.4 cm³/mol. The summed E-state index contributed by atoms with van der Waals surface area (Å²) in [5.41, 5.74) is -0.797. The fourth-order valence-electron chi connectivity index (χ4n) is 2.16. The average Bonchev–Trinajstić information content (AvgIpc) is 2.32. The van der Waals surface area contributed by atoms with Gasteiger partial charge in [0.25, 0.3) is 0 Å². The summed E-state index contributed by atoms with van der Waals surface area (Å²) in [5, 5.41) is 19.8. The first kappa shape index (κ1) is 15.6. The van der Waals surface area contributed by atoms with Crippen LogP contribution < -0.4 is 0 Å². The molecule has 2 unspecified atom stereocenters. The first-order chi connectivity index (χ1) is 8.80. The van der Waals surface area contributed by atoms with Gasteiger partial charge in [0, 0.05) is 0 Å². The molecular formula is C15H21FO3. The maximum atomic E-state index is 13.6. The summed E-state index contributed by atoms with van der Waals surface area (Å²) in [6.45, 7) is 5.02. The van der Waals surface area contributed by atoms with Gasteiger partial charge >= 0.3 is 5.97 Å². The van der Waals surface area contributed by atoms with Crippen molar-refractivity contribution in [3.05, 3.63) is 35.1 Å². The zero-order chi connectivity index (χ0) is 14.6. The first-order valence-corrected chi connectivity index (χ1v) is 6.52. The van der Waals surface area contributed by atoms with Crippen molar-refractivity contribution >= 4 is 5.97 Å². The SMILES string of the molecule is CCCCC(C(=O)O)C(C)(O)c1ccc(C)c(F)c1. The van der Waals surface area contributed by atoms with E-state index in [1.54, 1.807) is 19.1 Å². The summed E-state index contributed by atoms with van der Waals surface area (Å²) in [5.74, 6) is -2.42. The smallest absolute Gasteiger partial charge is 0.309 e. The van der Waals surface area contributed by atoms with Crippen molar-refractivity contribution in [2.75, 3.05) is 0 Å². The molecule has 0 spiro atoms. The molecule has 19 heavy (non-hydrogen) atoms. The van der Waals surface area contributed by atoms with Gasteiger partial charge in [0.1, 0.15) is 11.4 Å². The monoisotopic (exact) mass is 268 g/mol. The van der Waals surface area contributed by atoms with Crippen LogP contribution in [0.5, 0.6) is 0 Å². The number of carboxylic acids is 1. The largest absolute Gasteiger partial charge is 0.481 e. The fourth-order valence-corrected chi connectivity index (χ4v) is 2.16. The number of hydrogen-bond donors (Lipinski definition) is 2. The molecule has 1 rings (SSSR count). The highest BCUT2D eigenvalue weighted by molar-refractivity contribution is 5.72. The van der Waals surface area contributed by atoms with Crippen LogP contribution in [0.25, 0.3) is 0 Å². The van der Waals surface area contributed by atoms with E-state index in [0.29, 0.717) is 24.0 Å². The normalized spacial score (nSPS) is 15.8. The molecule has 1 aromatic rings. The van der Waals surface area contributed by atoms with Crippen molar-refractivity contribution in [3.63, 3.8) is 0 Å². The molecule has 2 N–H and O–H groups in total. The number of unbranched alkanes of at least 4 members (excludes halogenated alkanes) is 1. The van der Waals surface area contributed by atoms with Gasteiger partial charge in [0.2, 0.25) is 0 Å². The Bertz CT molecular complexity index is 455. The summed E-state index contributed by atoms with van der Waals surface area (Å²) in [7, 11) is 0. The maximum Gasteiger partial charge on any atom is 0.309 e. The van der Waals surface area contributed by atoms with Crippen LogP contribution in [0.2, 0.25) is 0 Å². The molecule has 2 atom stereocenters. The second-order valence-electron chi connectivity index (χ2n) is 5.14. The second kappa shape index (κ2) is 6.15. The van der Waals surface area contributed by atoms with E-state index in [4.69, 9.17) is 0 Å². The van der Waals surface area contributed by atoms with Crippen LogP contribution >= 0.6 is 0 Å². The summed E-state index contributed by atoms with van der Waals surface area (Å²) < 4.78 is 13.6. The van der Waals surface area contributed by atoms with Crippen LogP contribution in [0.1, 0.15) is 44.2 Å². The van der Waals surface area contributed by atoms with Gasteiger partial charge in [-0.05, 0) is 37.5 Å². The number of benzene rings is 1. The van der Waals surface area contributed by atoms with E-state index in [2.05, 4.69) is 0 Å². The van der Waals surface area contributed by atoms with Gasteiger partial charge in [-0.3, -0.25) is 4.79 Å². The molecule has 0 aliphatic heterocycles. The minimum absolute atomic E-state index is 0.305. The van der Waals surface area contributed by atoms with Crippen molar-refractivity contribution in [2.24, 2.45) is 5.92 Å². The third-order valence-electron chi connectivity index (χ3n) is 3.58. The molecule has 0 saturated carbocycles. The van der Waals surface area contributed by atoms with E-state index in [0.717, 1.165) is 6.42 Å². The van der Waals surface area contributed by atoms with Crippen LogP contribution in [0.4, 0.5) is 4.39 Å². The Labute approximate surface area is 113 Å². The molecule has 0 aromatic heterocycles. The fraction of sp³-hybridized carbons (Fsp3) is 0.533. The van der Waals surface area contributed by atoms with E-state index in [1.807, 2.05) is 6.92 Å². The molecule has 0 saturated heterocycles. The predicted octanol–water partition coefficient (Wildman–Crippen LogP) is 3.23. The summed E-state index contributed by atoms with van der Waals surface area (Å²) >= 11 is 0. The second-order valence-corrected chi connectivity index (χ2v) is 5.14. The van der Waals surface area contributed by atoms with Gasteiger partial charge in [-0.25, -0.2) is 4.39 Å². The zero-order valence-corrected chi connectivity index (χ0v) is 11.6. The number of rotatable bonds is 6. The summed E-state index contributed by atoms with van der Waals surface area (Å²) in [4.78, 5) is 11.3. The average molecular weight is 268 g/mol. The highest BCUT2D eigenvalue weighted by Crippen LogP contribution is 2.33. The molecule has 3 nitrogen and oxygen atoms in total. The third-order valence-corrected chi connectivity index (χ3v) is 3.58. The molecule has 4 heteroatoms. The van der Waals surface area contributed by atoms with Gasteiger partial charge in [0.05, 0.1) is 5.92 Å². The van der Waals surface area contributed by atoms with Crippen molar-refractivity contribution in [2.45, 2.75) is 45.6 Å². The Morgan fingerprint density at radius 1 is 1.47 bits per heavy atom. The molecule has 0 amide bonds. The van der Waals surface area contributed by atoms with E-state index in [1.165, 1.54) is 13.0 Å². The van der Waals surface area contributed by atoms with Gasteiger partial charge in [-0.15, -0.1) is 0 Å². The van der Waals surface area contributed by atoms with Crippen molar-refractivity contribution < 1.29 is 19.4 Å². The quantitative estimate of drug-likeness (QED) is 0.832. The third kappa shape index (κ3) is 3.53. The Morgan fingerprint density at radius 3 is 2.58 bits per heavy atom. The van der Waals surface area contributed by atoms with Crippen molar-refractivity contribution in [1.29, 1.82) is 0 Å². The van der Waals surface area contributed by atoms with Crippen LogP contribution in [0, 0.1) is 18.7 Å². The van der Waals surface area contributed by atoms with E-state index in [-0.39, 0.29) is 0 Å². The lowest BCUT2D eigenvalue weighted by molar-refractivity contribution is -0.152. The number of carboxylic acid groups (broad SMARTS) is 1. The zero-order valence-electron chi connectivity index (χ0n) is 11.6. The molecule has 0 bridgehead atoms. The number of aliphatic carboxylic acids is 1. The van der Waals surface area contributed by atoms with Gasteiger partial charge in [0.15, 0.2) is 0 Å². The molecule has 106 valence electrons. The van der Waals surface area contributed by atoms with Crippen LogP contribution in [0.3, 0.4) is 0 Å². The van der Waals surface area contributed by atoms with Crippen LogP contribution in [0.15, 0.2) is 18.2 Å². The molecule has 1 aromatic carbocycles. The molecular weight excluding hydrogens is 247 g/mol. The Hall–Kier alpha value is -1.42. The Morgan fingerprint density at radius 2 is 2.11 bits per heavy atom. The Balaban J connectivity index is 3.10. The Kier molecular flexibility index (Phi) is 5.06. The van der Waals surface area contributed by atoms with E-state index >= 15 is 0 Å². The number of carbonyl (C=O) groups is 1. The summed E-state index contributed by atoms with van der Waals surface area (Å²) in [6, 6.07) is 4.36. The molecule has 0 fully saturated rings. The topological polar surface area (TPSA) is 57.5 Å². The van der Waals surface area contributed by atoms with Crippen LogP contribution in [-0.4, -0.2) is 16.2 Å². The number of aryl methyl sites for hydroxylation is 1. The minimum Gasteiger partial charge on any atom is -0.481 e. The lowest BCUT2D eigenvalue weighted by atomic mass is 9.79. The standard InChI is InChI=1S/C15H21FO3/c1-4-5-6-12(14(17)18)15(3,19)11-8-7-10(2)13(16)9-11/h7-9,12,19H,4-6H2,1-3H3,(H,17,18). The number of hydrogen-bond acceptors (Lipinski definition) is 2. The van der Waals surface area contributed by atoms with Crippen LogP contribution in [-0.2, 0) is 10.4 Å². The number of halogens is 1.